The summed E-state index contributed by atoms with van der Waals surface area (Å²) in [5.41, 5.74) is -1.91. The van der Waals surface area contributed by atoms with E-state index in [9.17, 15) is 22.5 Å². The number of hydrogen-bond acceptors (Lipinski definition) is 4. The molecular formula is C5H7F3NO6P. The zero-order valence-corrected chi connectivity index (χ0v) is 8.31. The van der Waals surface area contributed by atoms with Crippen molar-refractivity contribution < 1.29 is 42.5 Å². The molecule has 0 aliphatic rings. The monoisotopic (exact) mass is 265 g/mol. The highest BCUT2D eigenvalue weighted by atomic mass is 31.2. The molecule has 0 aromatic rings. The van der Waals surface area contributed by atoms with E-state index in [2.05, 4.69) is 4.99 Å². The third-order valence-electron chi connectivity index (χ3n) is 1.23. The number of aliphatic hydroxyl groups is 1. The first-order valence-electron chi connectivity index (χ1n) is 3.53. The summed E-state index contributed by atoms with van der Waals surface area (Å²) in [5, 5.41) is 16.6. The van der Waals surface area contributed by atoms with Crippen molar-refractivity contribution in [3.05, 3.63) is 0 Å². The summed E-state index contributed by atoms with van der Waals surface area (Å²) in [7, 11) is -5.47. The summed E-state index contributed by atoms with van der Waals surface area (Å²) in [6.07, 6.45) is -8.83. The largest absolute Gasteiger partial charge is 0.480 e. The second-order valence-corrected chi connectivity index (χ2v) is 4.10. The predicted octanol–water partition coefficient (Wildman–Crippen LogP) is -0.430. The van der Waals surface area contributed by atoms with Crippen LogP contribution in [0, 0.1) is 0 Å². The Balaban J connectivity index is 5.20. The summed E-state index contributed by atoms with van der Waals surface area (Å²) in [6.45, 7) is -1.28. The van der Waals surface area contributed by atoms with Crippen molar-refractivity contribution in [1.82, 2.24) is 0 Å². The third-order valence-corrected chi connectivity index (χ3v) is 2.21. The molecule has 0 spiro atoms. The molecule has 0 saturated heterocycles. The molecular weight excluding hydrogens is 258 g/mol. The molecule has 0 aromatic heterocycles. The number of carbonyl (C=O) groups is 1. The van der Waals surface area contributed by atoms with Crippen LogP contribution in [0.5, 0.6) is 0 Å². The Hall–Kier alpha value is -0.960. The highest BCUT2D eigenvalue weighted by Crippen LogP contribution is 2.41. The Labute approximate surface area is 86.4 Å². The predicted molar refractivity (Wildman–Crippen MR) is 44.0 cm³/mol. The Bertz CT molecular complexity index is 347. The number of rotatable bonds is 4. The number of aliphatic imine (C=N–C) groups is 1. The SMILES string of the molecule is O=C(O)CN=C(C(O)C(F)(F)F)P(=O)(O)O. The van der Waals surface area contributed by atoms with Crippen LogP contribution >= 0.6 is 7.60 Å². The summed E-state index contributed by atoms with van der Waals surface area (Å²) in [4.78, 5) is 29.4. The van der Waals surface area contributed by atoms with Gasteiger partial charge in [0.2, 0.25) is 0 Å². The summed E-state index contributed by atoms with van der Waals surface area (Å²) in [5.74, 6) is -1.69. The van der Waals surface area contributed by atoms with E-state index in [-0.39, 0.29) is 0 Å². The first-order valence-corrected chi connectivity index (χ1v) is 5.14. The quantitative estimate of drug-likeness (QED) is 0.403. The molecule has 0 radical (unpaired) electrons. The number of alkyl halides is 3. The van der Waals surface area contributed by atoms with Gasteiger partial charge in [0.25, 0.3) is 0 Å². The van der Waals surface area contributed by atoms with Crippen LogP contribution < -0.4 is 0 Å². The molecule has 11 heteroatoms. The van der Waals surface area contributed by atoms with E-state index in [0.29, 0.717) is 0 Å². The minimum atomic E-state index is -5.47. The van der Waals surface area contributed by atoms with Crippen molar-refractivity contribution >= 4 is 19.0 Å². The molecule has 0 aliphatic carbocycles. The highest BCUT2D eigenvalue weighted by Gasteiger charge is 2.47. The fourth-order valence-corrected chi connectivity index (χ4v) is 1.35. The van der Waals surface area contributed by atoms with Crippen LogP contribution in [0.3, 0.4) is 0 Å². The average Bonchev–Trinajstić information content (AvgIpc) is 1.99. The van der Waals surface area contributed by atoms with Crippen LogP contribution in [-0.4, -0.2) is 50.2 Å². The van der Waals surface area contributed by atoms with E-state index in [1.54, 1.807) is 0 Å². The van der Waals surface area contributed by atoms with E-state index in [1.165, 1.54) is 0 Å². The van der Waals surface area contributed by atoms with Gasteiger partial charge < -0.3 is 20.0 Å². The molecule has 0 aromatic carbocycles. The van der Waals surface area contributed by atoms with E-state index >= 15 is 0 Å². The molecule has 94 valence electrons. The normalized spacial score (nSPS) is 16.0. The third kappa shape index (κ3) is 4.71. The molecule has 0 fully saturated rings. The van der Waals surface area contributed by atoms with Crippen molar-refractivity contribution in [3.63, 3.8) is 0 Å². The summed E-state index contributed by atoms with van der Waals surface area (Å²) >= 11 is 0. The summed E-state index contributed by atoms with van der Waals surface area (Å²) < 4.78 is 46.3. The van der Waals surface area contributed by atoms with Gasteiger partial charge >= 0.3 is 19.7 Å². The lowest BCUT2D eigenvalue weighted by Gasteiger charge is -2.17. The number of carboxylic acid groups (broad SMARTS) is 1. The maximum Gasteiger partial charge on any atom is 0.420 e. The van der Waals surface area contributed by atoms with Crippen LogP contribution in [0.4, 0.5) is 13.2 Å². The standard InChI is InChI=1S/C5H7F3NO6P/c6-5(7,8)3(12)4(16(13,14)15)9-1-2(10)11/h3,12H,1H2,(H,10,11)(H2,13,14,15). The number of carboxylic acids is 1. The van der Waals surface area contributed by atoms with Crippen LogP contribution in [0.1, 0.15) is 0 Å². The molecule has 1 atom stereocenters. The Morgan fingerprint density at radius 2 is 1.81 bits per heavy atom. The van der Waals surface area contributed by atoms with Gasteiger partial charge in [0.15, 0.2) is 11.6 Å². The molecule has 16 heavy (non-hydrogen) atoms. The topological polar surface area (TPSA) is 127 Å². The summed E-state index contributed by atoms with van der Waals surface area (Å²) in [6, 6.07) is 0. The average molecular weight is 265 g/mol. The van der Waals surface area contributed by atoms with Crippen LogP contribution in [0.25, 0.3) is 0 Å². The molecule has 0 amide bonds. The molecule has 7 nitrogen and oxygen atoms in total. The van der Waals surface area contributed by atoms with E-state index in [1.807, 2.05) is 0 Å². The lowest BCUT2D eigenvalue weighted by atomic mass is 10.4. The van der Waals surface area contributed by atoms with Crippen molar-refractivity contribution in [2.45, 2.75) is 12.3 Å². The zero-order valence-electron chi connectivity index (χ0n) is 7.42. The molecule has 0 saturated carbocycles. The Kier molecular flexibility index (Phi) is 4.62. The van der Waals surface area contributed by atoms with E-state index in [0.717, 1.165) is 0 Å². The second-order valence-electron chi connectivity index (χ2n) is 2.56. The van der Waals surface area contributed by atoms with Crippen molar-refractivity contribution in [1.29, 1.82) is 0 Å². The highest BCUT2D eigenvalue weighted by molar-refractivity contribution is 7.70. The van der Waals surface area contributed by atoms with Gasteiger partial charge in [-0.1, -0.05) is 0 Å². The van der Waals surface area contributed by atoms with E-state index in [4.69, 9.17) is 20.0 Å². The number of aliphatic carboxylic acids is 1. The van der Waals surface area contributed by atoms with Gasteiger partial charge in [-0.2, -0.15) is 13.2 Å². The van der Waals surface area contributed by atoms with Crippen molar-refractivity contribution in [2.75, 3.05) is 6.54 Å². The molecule has 0 aliphatic heterocycles. The number of aliphatic hydroxyl groups excluding tert-OH is 1. The van der Waals surface area contributed by atoms with E-state index < -0.39 is 37.8 Å². The van der Waals surface area contributed by atoms with Crippen molar-refractivity contribution in [2.24, 2.45) is 4.99 Å². The number of nitrogens with zero attached hydrogens (tertiary/aromatic N) is 1. The lowest BCUT2D eigenvalue weighted by Crippen LogP contribution is -2.36. The second kappa shape index (κ2) is 4.91. The minimum Gasteiger partial charge on any atom is -0.480 e. The zero-order chi connectivity index (χ0) is 13.1. The first kappa shape index (κ1) is 15.0. The van der Waals surface area contributed by atoms with Gasteiger partial charge in [-0.15, -0.1) is 0 Å². The number of hydrogen-bond donors (Lipinski definition) is 4. The fraction of sp³-hybridized carbons (Fsp3) is 0.600. The van der Waals surface area contributed by atoms with Crippen LogP contribution in [-0.2, 0) is 9.36 Å². The maximum absolute atomic E-state index is 11.9. The molecule has 4 N–H and O–H groups in total. The van der Waals surface area contributed by atoms with Gasteiger partial charge in [0.1, 0.15) is 6.54 Å². The smallest absolute Gasteiger partial charge is 0.420 e. The Morgan fingerprint density at radius 1 is 1.38 bits per heavy atom. The van der Waals surface area contributed by atoms with Crippen molar-refractivity contribution in [3.8, 4) is 0 Å². The minimum absolute atomic E-state index is 1.28. The molecule has 0 rings (SSSR count). The lowest BCUT2D eigenvalue weighted by molar-refractivity contribution is -0.180. The molecule has 0 heterocycles. The molecule has 0 bridgehead atoms. The van der Waals surface area contributed by atoms with Gasteiger partial charge in [-0.25, -0.2) is 0 Å². The van der Waals surface area contributed by atoms with Gasteiger partial charge in [0, 0.05) is 0 Å². The van der Waals surface area contributed by atoms with Crippen LogP contribution in [0.2, 0.25) is 0 Å². The first-order chi connectivity index (χ1) is 6.96. The van der Waals surface area contributed by atoms with Gasteiger partial charge in [0.05, 0.1) is 0 Å². The van der Waals surface area contributed by atoms with Gasteiger partial charge in [-0.05, 0) is 0 Å². The number of halogens is 3. The van der Waals surface area contributed by atoms with Crippen LogP contribution in [0.15, 0.2) is 4.99 Å². The molecule has 1 unspecified atom stereocenters. The Morgan fingerprint density at radius 3 is 2.06 bits per heavy atom. The maximum atomic E-state index is 11.9. The van der Waals surface area contributed by atoms with Gasteiger partial charge in [-0.3, -0.25) is 14.4 Å². The fourth-order valence-electron chi connectivity index (χ4n) is 0.633.